The molecule has 118 valence electrons. The normalized spacial score (nSPS) is 17.6. The van der Waals surface area contributed by atoms with Gasteiger partial charge in [-0.3, -0.25) is 4.79 Å². The van der Waals surface area contributed by atoms with Crippen molar-refractivity contribution in [2.75, 3.05) is 39.4 Å². The molecule has 0 radical (unpaired) electrons. The number of nitrogens with one attached hydrogen (secondary N) is 1. The molecule has 1 aliphatic heterocycles. The zero-order valence-electron chi connectivity index (χ0n) is 12.9. The highest BCUT2D eigenvalue weighted by Gasteiger charge is 2.24. The highest BCUT2D eigenvalue weighted by molar-refractivity contribution is 5.78. The molecule has 0 atom stereocenters. The lowest BCUT2D eigenvalue weighted by molar-refractivity contribution is -0.126. The van der Waals surface area contributed by atoms with Crippen molar-refractivity contribution in [2.24, 2.45) is 5.92 Å². The molecule has 0 aliphatic carbocycles. The molecule has 1 fully saturated rings. The average molecular weight is 286 g/mol. The van der Waals surface area contributed by atoms with Gasteiger partial charge < -0.3 is 20.1 Å². The summed E-state index contributed by atoms with van der Waals surface area (Å²) in [5, 5.41) is 11.8. The van der Waals surface area contributed by atoms with Crippen LogP contribution in [0.2, 0.25) is 0 Å². The molecule has 0 saturated carbocycles. The van der Waals surface area contributed by atoms with E-state index in [-0.39, 0.29) is 24.5 Å². The summed E-state index contributed by atoms with van der Waals surface area (Å²) in [7, 11) is 0. The van der Waals surface area contributed by atoms with Gasteiger partial charge in [-0.15, -0.1) is 0 Å². The first kappa shape index (κ1) is 17.4. The van der Waals surface area contributed by atoms with Gasteiger partial charge in [0.05, 0.1) is 6.10 Å². The molecular weight excluding hydrogens is 256 g/mol. The molecule has 20 heavy (non-hydrogen) atoms. The number of amides is 1. The standard InChI is InChI=1S/C15H30N2O3/c1-13(2)20-12-3-7-16-15(19)14-5-9-17(10-6-14)8-4-11-18/h13-14,18H,3-12H2,1-2H3,(H,16,19). The summed E-state index contributed by atoms with van der Waals surface area (Å²) in [6.07, 6.45) is 3.82. The van der Waals surface area contributed by atoms with E-state index >= 15 is 0 Å². The monoisotopic (exact) mass is 286 g/mol. The Kier molecular flexibility index (Phi) is 8.82. The summed E-state index contributed by atoms with van der Waals surface area (Å²) in [6.45, 7) is 8.57. The van der Waals surface area contributed by atoms with E-state index in [1.54, 1.807) is 0 Å². The van der Waals surface area contributed by atoms with Crippen LogP contribution in [0.5, 0.6) is 0 Å². The maximum Gasteiger partial charge on any atom is 0.223 e. The minimum absolute atomic E-state index is 0.159. The molecule has 0 aromatic rings. The molecule has 2 N–H and O–H groups in total. The summed E-state index contributed by atoms with van der Waals surface area (Å²) in [6, 6.07) is 0. The first-order chi connectivity index (χ1) is 9.63. The number of piperidine rings is 1. The number of nitrogens with zero attached hydrogens (tertiary/aromatic N) is 1. The average Bonchev–Trinajstić information content (AvgIpc) is 2.44. The maximum absolute atomic E-state index is 12.0. The lowest BCUT2D eigenvalue weighted by Gasteiger charge is -2.31. The van der Waals surface area contributed by atoms with E-state index in [4.69, 9.17) is 9.84 Å². The quantitative estimate of drug-likeness (QED) is 0.621. The topological polar surface area (TPSA) is 61.8 Å². The molecule has 0 aromatic carbocycles. The van der Waals surface area contributed by atoms with Gasteiger partial charge in [0.15, 0.2) is 0 Å². The van der Waals surface area contributed by atoms with Gasteiger partial charge in [-0.1, -0.05) is 0 Å². The Labute approximate surface area is 122 Å². The smallest absolute Gasteiger partial charge is 0.223 e. The van der Waals surface area contributed by atoms with Crippen LogP contribution in [-0.4, -0.2) is 61.4 Å². The third-order valence-electron chi connectivity index (χ3n) is 3.66. The zero-order valence-corrected chi connectivity index (χ0v) is 12.9. The van der Waals surface area contributed by atoms with E-state index in [1.165, 1.54) is 0 Å². The van der Waals surface area contributed by atoms with E-state index < -0.39 is 0 Å². The fraction of sp³-hybridized carbons (Fsp3) is 0.933. The predicted molar refractivity (Wildman–Crippen MR) is 79.6 cm³/mol. The molecule has 1 saturated heterocycles. The first-order valence-corrected chi connectivity index (χ1v) is 7.86. The molecule has 0 unspecified atom stereocenters. The molecule has 1 rings (SSSR count). The Balaban J connectivity index is 2.07. The highest BCUT2D eigenvalue weighted by atomic mass is 16.5. The molecule has 1 aliphatic rings. The number of likely N-dealkylation sites (tertiary alicyclic amines) is 1. The van der Waals surface area contributed by atoms with Gasteiger partial charge >= 0.3 is 0 Å². The van der Waals surface area contributed by atoms with Crippen LogP contribution in [-0.2, 0) is 9.53 Å². The largest absolute Gasteiger partial charge is 0.396 e. The van der Waals surface area contributed by atoms with Crippen molar-refractivity contribution in [3.63, 3.8) is 0 Å². The van der Waals surface area contributed by atoms with E-state index in [2.05, 4.69) is 10.2 Å². The third kappa shape index (κ3) is 7.22. The van der Waals surface area contributed by atoms with Gasteiger partial charge in [0.1, 0.15) is 0 Å². The SMILES string of the molecule is CC(C)OCCCNC(=O)C1CCN(CCCO)CC1. The molecule has 1 amide bonds. The van der Waals surface area contributed by atoms with Crippen molar-refractivity contribution in [1.29, 1.82) is 0 Å². The van der Waals surface area contributed by atoms with E-state index in [1.807, 2.05) is 13.8 Å². The van der Waals surface area contributed by atoms with Crippen molar-refractivity contribution in [1.82, 2.24) is 10.2 Å². The summed E-state index contributed by atoms with van der Waals surface area (Å²) < 4.78 is 5.44. The molecule has 5 nitrogen and oxygen atoms in total. The Hall–Kier alpha value is -0.650. The van der Waals surface area contributed by atoms with E-state index in [0.717, 1.165) is 45.3 Å². The van der Waals surface area contributed by atoms with Gasteiger partial charge in [0.25, 0.3) is 0 Å². The Bertz CT molecular complexity index is 264. The Morgan fingerprint density at radius 1 is 1.35 bits per heavy atom. The van der Waals surface area contributed by atoms with Gasteiger partial charge in [0.2, 0.25) is 5.91 Å². The third-order valence-corrected chi connectivity index (χ3v) is 3.66. The van der Waals surface area contributed by atoms with Crippen molar-refractivity contribution in [2.45, 2.75) is 45.6 Å². The first-order valence-electron chi connectivity index (χ1n) is 7.86. The number of aliphatic hydroxyl groups is 1. The molecule has 1 heterocycles. The number of carbonyl (C=O) groups excluding carboxylic acids is 1. The van der Waals surface area contributed by atoms with Crippen LogP contribution in [0.1, 0.15) is 39.5 Å². The number of carbonyl (C=O) groups is 1. The van der Waals surface area contributed by atoms with Crippen LogP contribution in [0.25, 0.3) is 0 Å². The van der Waals surface area contributed by atoms with Crippen LogP contribution in [0, 0.1) is 5.92 Å². The highest BCUT2D eigenvalue weighted by Crippen LogP contribution is 2.17. The molecule has 0 aromatic heterocycles. The molecule has 5 heteroatoms. The van der Waals surface area contributed by atoms with E-state index in [9.17, 15) is 4.79 Å². The predicted octanol–water partition coefficient (Wildman–Crippen LogP) is 1.01. The number of hydrogen-bond acceptors (Lipinski definition) is 4. The minimum Gasteiger partial charge on any atom is -0.396 e. The fourth-order valence-electron chi connectivity index (χ4n) is 2.46. The zero-order chi connectivity index (χ0) is 14.8. The van der Waals surface area contributed by atoms with Crippen LogP contribution in [0.15, 0.2) is 0 Å². The number of ether oxygens (including phenoxy) is 1. The van der Waals surface area contributed by atoms with Gasteiger partial charge in [-0.05, 0) is 52.6 Å². The summed E-state index contributed by atoms with van der Waals surface area (Å²) in [5.41, 5.74) is 0. The lowest BCUT2D eigenvalue weighted by Crippen LogP contribution is -2.41. The Morgan fingerprint density at radius 3 is 2.65 bits per heavy atom. The van der Waals surface area contributed by atoms with Gasteiger partial charge in [-0.25, -0.2) is 0 Å². The lowest BCUT2D eigenvalue weighted by atomic mass is 9.96. The van der Waals surface area contributed by atoms with E-state index in [0.29, 0.717) is 13.2 Å². The van der Waals surface area contributed by atoms with Gasteiger partial charge in [-0.2, -0.15) is 0 Å². The second-order valence-electron chi connectivity index (χ2n) is 5.76. The van der Waals surface area contributed by atoms with Crippen molar-refractivity contribution in [3.8, 4) is 0 Å². The summed E-state index contributed by atoms with van der Waals surface area (Å²) in [4.78, 5) is 14.3. The second-order valence-corrected chi connectivity index (χ2v) is 5.76. The summed E-state index contributed by atoms with van der Waals surface area (Å²) >= 11 is 0. The Morgan fingerprint density at radius 2 is 2.05 bits per heavy atom. The van der Waals surface area contributed by atoms with Crippen molar-refractivity contribution < 1.29 is 14.6 Å². The maximum atomic E-state index is 12.0. The minimum atomic E-state index is 0.159. The van der Waals surface area contributed by atoms with Crippen LogP contribution in [0.3, 0.4) is 0 Å². The van der Waals surface area contributed by atoms with Gasteiger partial charge in [0, 0.05) is 32.2 Å². The molecule has 0 bridgehead atoms. The fourth-order valence-corrected chi connectivity index (χ4v) is 2.46. The second kappa shape index (κ2) is 10.1. The molecule has 0 spiro atoms. The van der Waals surface area contributed by atoms with Crippen molar-refractivity contribution >= 4 is 5.91 Å². The number of rotatable bonds is 9. The van der Waals surface area contributed by atoms with Crippen LogP contribution >= 0.6 is 0 Å². The summed E-state index contributed by atoms with van der Waals surface area (Å²) in [5.74, 6) is 0.350. The van der Waals surface area contributed by atoms with Crippen LogP contribution < -0.4 is 5.32 Å². The molecular formula is C15H30N2O3. The van der Waals surface area contributed by atoms with Crippen LogP contribution in [0.4, 0.5) is 0 Å². The van der Waals surface area contributed by atoms with Crippen molar-refractivity contribution in [3.05, 3.63) is 0 Å². The number of hydrogen-bond donors (Lipinski definition) is 2. The number of aliphatic hydroxyl groups excluding tert-OH is 1.